The van der Waals surface area contributed by atoms with E-state index in [1.54, 1.807) is 16.8 Å². The summed E-state index contributed by atoms with van der Waals surface area (Å²) >= 11 is 0. The summed E-state index contributed by atoms with van der Waals surface area (Å²) in [5.41, 5.74) is 16.1. The molecule has 3 aromatic heterocycles. The number of nitrogens with two attached hydrogens (primary N) is 2. The highest BCUT2D eigenvalue weighted by atomic mass is 15.3. The second kappa shape index (κ2) is 6.03. The van der Waals surface area contributed by atoms with Gasteiger partial charge in [-0.15, -0.1) is 0 Å². The van der Waals surface area contributed by atoms with Gasteiger partial charge in [0.25, 0.3) is 0 Å². The molecule has 4 rings (SSSR count). The van der Waals surface area contributed by atoms with Gasteiger partial charge in [-0.05, 0) is 31.0 Å². The summed E-state index contributed by atoms with van der Waals surface area (Å²) in [4.78, 5) is 10.5. The maximum absolute atomic E-state index is 8.93. The molecule has 0 aliphatic carbocycles. The van der Waals surface area contributed by atoms with E-state index in [2.05, 4.69) is 20.0 Å². The average Bonchev–Trinajstić information content (AvgIpc) is 3.03. The zero-order chi connectivity index (χ0) is 17.4. The Morgan fingerprint density at radius 2 is 2.16 bits per heavy atom. The number of nitrogen functional groups attached to an aromatic ring is 1. The van der Waals surface area contributed by atoms with Crippen LogP contribution in [0.25, 0.3) is 16.8 Å². The van der Waals surface area contributed by atoms with E-state index >= 15 is 0 Å². The minimum Gasteiger partial charge on any atom is -0.382 e. The van der Waals surface area contributed by atoms with Crippen molar-refractivity contribution in [3.8, 4) is 17.3 Å². The predicted octanol–water partition coefficient (Wildman–Crippen LogP) is 1.17. The van der Waals surface area contributed by atoms with Crippen molar-refractivity contribution in [3.05, 3.63) is 36.4 Å². The van der Waals surface area contributed by atoms with Gasteiger partial charge in [-0.2, -0.15) is 10.4 Å². The lowest BCUT2D eigenvalue weighted by Crippen LogP contribution is -2.42. The number of hydrogen-bond acceptors (Lipinski definition) is 7. The molecule has 1 saturated heterocycles. The zero-order valence-corrected chi connectivity index (χ0v) is 13.6. The quantitative estimate of drug-likeness (QED) is 0.721. The van der Waals surface area contributed by atoms with Gasteiger partial charge >= 0.3 is 0 Å². The molecule has 0 aromatic carbocycles. The summed E-state index contributed by atoms with van der Waals surface area (Å²) in [6, 6.07) is 7.77. The summed E-state index contributed by atoms with van der Waals surface area (Å²) in [7, 11) is 0. The van der Waals surface area contributed by atoms with Crippen LogP contribution in [-0.4, -0.2) is 38.7 Å². The van der Waals surface area contributed by atoms with Crippen LogP contribution in [0.2, 0.25) is 0 Å². The number of anilines is 2. The molecule has 4 heterocycles. The highest BCUT2D eigenvalue weighted by Gasteiger charge is 2.23. The second-order valence-corrected chi connectivity index (χ2v) is 6.21. The highest BCUT2D eigenvalue weighted by molar-refractivity contribution is 5.88. The summed E-state index contributed by atoms with van der Waals surface area (Å²) in [5, 5.41) is 13.3. The van der Waals surface area contributed by atoms with E-state index in [1.807, 2.05) is 18.2 Å². The fraction of sp³-hybridized carbons (Fsp3) is 0.294. The van der Waals surface area contributed by atoms with Crippen molar-refractivity contribution in [1.29, 1.82) is 5.26 Å². The third kappa shape index (κ3) is 2.64. The molecule has 0 saturated carbocycles. The van der Waals surface area contributed by atoms with Crippen molar-refractivity contribution in [2.45, 2.75) is 18.9 Å². The molecule has 25 heavy (non-hydrogen) atoms. The molecule has 1 aliphatic rings. The second-order valence-electron chi connectivity index (χ2n) is 6.21. The molecule has 0 spiro atoms. The first-order chi connectivity index (χ1) is 12.2. The molecule has 1 atom stereocenters. The van der Waals surface area contributed by atoms with Crippen LogP contribution < -0.4 is 16.4 Å². The lowest BCUT2D eigenvalue weighted by Gasteiger charge is -2.32. The van der Waals surface area contributed by atoms with Crippen LogP contribution in [0, 0.1) is 11.3 Å². The maximum Gasteiger partial charge on any atom is 0.153 e. The third-order valence-electron chi connectivity index (χ3n) is 4.53. The average molecular weight is 334 g/mol. The normalized spacial score (nSPS) is 17.6. The van der Waals surface area contributed by atoms with Gasteiger partial charge < -0.3 is 16.4 Å². The fourth-order valence-corrected chi connectivity index (χ4v) is 3.34. The van der Waals surface area contributed by atoms with Crippen LogP contribution in [0.15, 0.2) is 30.7 Å². The number of nitrogens with zero attached hydrogens (tertiary/aromatic N) is 6. The minimum absolute atomic E-state index is 0.148. The number of fused-ring (bicyclic) bond motifs is 1. The summed E-state index contributed by atoms with van der Waals surface area (Å²) in [6.07, 6.45) is 5.18. The van der Waals surface area contributed by atoms with Crippen molar-refractivity contribution in [2.75, 3.05) is 23.7 Å². The van der Waals surface area contributed by atoms with Crippen molar-refractivity contribution in [1.82, 2.24) is 19.6 Å². The van der Waals surface area contributed by atoms with E-state index < -0.39 is 0 Å². The molecule has 8 heteroatoms. The lowest BCUT2D eigenvalue weighted by molar-refractivity contribution is 0.507. The van der Waals surface area contributed by atoms with E-state index in [-0.39, 0.29) is 6.04 Å². The molecule has 3 aromatic rings. The minimum atomic E-state index is 0.148. The monoisotopic (exact) mass is 334 g/mol. The Labute approximate surface area is 144 Å². The van der Waals surface area contributed by atoms with Crippen molar-refractivity contribution >= 4 is 17.0 Å². The Kier molecular flexibility index (Phi) is 3.71. The molecule has 0 amide bonds. The molecule has 1 aliphatic heterocycles. The zero-order valence-electron chi connectivity index (χ0n) is 13.6. The standard InChI is InChI=1S/C17H18N8/c18-7-13-4-3-11(8-21-13)14-6-15(24-5-1-2-12(19)9-24)16-17(20)22-10-23-25(14)16/h3-4,6,8,10,12H,1-2,5,9,19H2,(H2,20,22,23)/t12-/m1/s1. The van der Waals surface area contributed by atoms with Crippen LogP contribution in [0.3, 0.4) is 0 Å². The number of nitriles is 1. The van der Waals surface area contributed by atoms with Crippen molar-refractivity contribution in [2.24, 2.45) is 5.73 Å². The van der Waals surface area contributed by atoms with Gasteiger partial charge in [-0.3, -0.25) is 0 Å². The van der Waals surface area contributed by atoms with Crippen LogP contribution in [0.4, 0.5) is 11.5 Å². The Morgan fingerprint density at radius 1 is 1.28 bits per heavy atom. The number of rotatable bonds is 2. The van der Waals surface area contributed by atoms with Gasteiger partial charge in [0.15, 0.2) is 5.82 Å². The SMILES string of the molecule is N#Cc1ccc(-c2cc(N3CCC[C@@H](N)C3)c3c(N)ncnn23)cn1. The molecular formula is C17H18N8. The van der Waals surface area contributed by atoms with Gasteiger partial charge in [0.1, 0.15) is 23.6 Å². The van der Waals surface area contributed by atoms with Crippen molar-refractivity contribution in [3.63, 3.8) is 0 Å². The molecule has 126 valence electrons. The fourth-order valence-electron chi connectivity index (χ4n) is 3.34. The lowest BCUT2D eigenvalue weighted by atomic mass is 10.1. The van der Waals surface area contributed by atoms with Crippen LogP contribution in [-0.2, 0) is 0 Å². The topological polar surface area (TPSA) is 122 Å². The largest absolute Gasteiger partial charge is 0.382 e. The van der Waals surface area contributed by atoms with E-state index in [9.17, 15) is 0 Å². The first-order valence-electron chi connectivity index (χ1n) is 8.16. The molecule has 8 nitrogen and oxygen atoms in total. The van der Waals surface area contributed by atoms with Gasteiger partial charge in [0, 0.05) is 30.9 Å². The van der Waals surface area contributed by atoms with Crippen LogP contribution in [0.5, 0.6) is 0 Å². The van der Waals surface area contributed by atoms with Gasteiger partial charge in [-0.1, -0.05) is 0 Å². The summed E-state index contributed by atoms with van der Waals surface area (Å²) in [6.45, 7) is 1.70. The van der Waals surface area contributed by atoms with Gasteiger partial charge in [0.2, 0.25) is 0 Å². The van der Waals surface area contributed by atoms with Crippen molar-refractivity contribution < 1.29 is 0 Å². The molecule has 0 bridgehead atoms. The third-order valence-corrected chi connectivity index (χ3v) is 4.53. The number of pyridine rings is 1. The molecule has 1 fully saturated rings. The van der Waals surface area contributed by atoms with Crippen LogP contribution in [0.1, 0.15) is 18.5 Å². The Hall–Kier alpha value is -3.18. The molecule has 4 N–H and O–H groups in total. The Balaban J connectivity index is 1.88. The summed E-state index contributed by atoms with van der Waals surface area (Å²) < 4.78 is 1.78. The molecule has 0 radical (unpaired) electrons. The Bertz CT molecular complexity index is 953. The van der Waals surface area contributed by atoms with Crippen LogP contribution >= 0.6 is 0 Å². The number of aromatic nitrogens is 4. The first kappa shape index (κ1) is 15.4. The maximum atomic E-state index is 8.93. The van der Waals surface area contributed by atoms with E-state index in [0.717, 1.165) is 48.4 Å². The smallest absolute Gasteiger partial charge is 0.153 e. The Morgan fingerprint density at radius 3 is 2.88 bits per heavy atom. The molecular weight excluding hydrogens is 316 g/mol. The number of hydrogen-bond donors (Lipinski definition) is 2. The summed E-state index contributed by atoms with van der Waals surface area (Å²) in [5.74, 6) is 0.428. The van der Waals surface area contributed by atoms with E-state index in [1.165, 1.54) is 6.33 Å². The molecule has 0 unspecified atom stereocenters. The van der Waals surface area contributed by atoms with Gasteiger partial charge in [0.05, 0.1) is 11.4 Å². The first-order valence-corrected chi connectivity index (χ1v) is 8.16. The van der Waals surface area contributed by atoms with E-state index in [4.69, 9.17) is 16.7 Å². The van der Waals surface area contributed by atoms with Gasteiger partial charge in [-0.25, -0.2) is 14.5 Å². The van der Waals surface area contributed by atoms with E-state index in [0.29, 0.717) is 11.5 Å². The highest BCUT2D eigenvalue weighted by Crippen LogP contribution is 2.34. The predicted molar refractivity (Wildman–Crippen MR) is 94.8 cm³/mol. The number of piperidine rings is 1.